The van der Waals surface area contributed by atoms with Gasteiger partial charge in [0, 0.05) is 32.7 Å². The van der Waals surface area contributed by atoms with Crippen molar-refractivity contribution >= 4 is 0 Å². The summed E-state index contributed by atoms with van der Waals surface area (Å²) >= 11 is 0. The van der Waals surface area contributed by atoms with E-state index in [0.29, 0.717) is 6.61 Å². The summed E-state index contributed by atoms with van der Waals surface area (Å²) in [5.41, 5.74) is 0. The molecule has 1 heterocycles. The summed E-state index contributed by atoms with van der Waals surface area (Å²) < 4.78 is 11.6. The Bertz CT molecular complexity index is 407. The molecule has 0 spiro atoms. The van der Waals surface area contributed by atoms with Crippen molar-refractivity contribution in [3.05, 3.63) is 35.8 Å². The number of nitrogens with zero attached hydrogens (tertiary/aromatic N) is 2. The fraction of sp³-hybridized carbons (Fsp3) is 0.647. The van der Waals surface area contributed by atoms with Crippen molar-refractivity contribution in [3.63, 3.8) is 0 Å². The standard InChI is InChI=1S/C17H27N2O2/c1-4-15(2)21-17-7-5-6-16(14-17)20-13-12-19-10-8-18(3)9-11-19/h5-7,15H,4,8-13H2,1-3H3/q+1. The number of hydrogen-bond acceptors (Lipinski definition) is 4. The fourth-order valence-corrected chi connectivity index (χ4v) is 2.24. The van der Waals surface area contributed by atoms with Crippen LogP contribution in [0, 0.1) is 6.08 Å². The highest BCUT2D eigenvalue weighted by Crippen LogP contribution is 2.15. The first-order chi connectivity index (χ1) is 10.2. The zero-order valence-electron chi connectivity index (χ0n) is 13.5. The molecule has 116 valence electrons. The van der Waals surface area contributed by atoms with Crippen molar-refractivity contribution in [1.82, 2.24) is 9.80 Å². The third kappa shape index (κ3) is 5.50. The molecule has 1 aliphatic carbocycles. The lowest BCUT2D eigenvalue weighted by molar-refractivity contribution is 0.112. The molecule has 1 atom stereocenters. The van der Waals surface area contributed by atoms with Crippen LogP contribution in [0.3, 0.4) is 0 Å². The monoisotopic (exact) mass is 291 g/mol. The summed E-state index contributed by atoms with van der Waals surface area (Å²) in [5.74, 6) is 1.53. The Balaban J connectivity index is 1.71. The SMILES string of the molecule is CCC(C)OC1=CC=CC(OCCN2CCN(C)CC2)=[C+]1. The van der Waals surface area contributed by atoms with Crippen LogP contribution in [-0.4, -0.2) is 62.3 Å². The predicted molar refractivity (Wildman–Crippen MR) is 84.7 cm³/mol. The molecule has 0 N–H and O–H groups in total. The third-order valence-corrected chi connectivity index (χ3v) is 3.91. The van der Waals surface area contributed by atoms with E-state index in [1.807, 2.05) is 18.2 Å². The minimum absolute atomic E-state index is 0.210. The first kappa shape index (κ1) is 16.0. The van der Waals surface area contributed by atoms with Gasteiger partial charge in [-0.25, -0.2) is 0 Å². The van der Waals surface area contributed by atoms with Gasteiger partial charge in [-0.05, 0) is 20.4 Å². The summed E-state index contributed by atoms with van der Waals surface area (Å²) in [7, 11) is 2.17. The first-order valence-electron chi connectivity index (χ1n) is 7.90. The molecule has 1 fully saturated rings. The Hall–Kier alpha value is -1.35. The fourth-order valence-electron chi connectivity index (χ4n) is 2.24. The van der Waals surface area contributed by atoms with Gasteiger partial charge >= 0.3 is 0 Å². The highest BCUT2D eigenvalue weighted by atomic mass is 16.5. The molecule has 1 aliphatic heterocycles. The van der Waals surface area contributed by atoms with Crippen molar-refractivity contribution in [1.29, 1.82) is 0 Å². The van der Waals surface area contributed by atoms with Crippen molar-refractivity contribution in [2.75, 3.05) is 46.4 Å². The van der Waals surface area contributed by atoms with Gasteiger partial charge in [0.25, 0.3) is 11.5 Å². The highest BCUT2D eigenvalue weighted by Gasteiger charge is 2.17. The molecule has 0 radical (unpaired) electrons. The topological polar surface area (TPSA) is 24.9 Å². The van der Waals surface area contributed by atoms with E-state index >= 15 is 0 Å². The number of piperazine rings is 1. The van der Waals surface area contributed by atoms with Crippen molar-refractivity contribution in [3.8, 4) is 0 Å². The quantitative estimate of drug-likeness (QED) is 0.671. The third-order valence-electron chi connectivity index (χ3n) is 3.91. The summed E-state index contributed by atoms with van der Waals surface area (Å²) in [5, 5.41) is 0. The average Bonchev–Trinajstić information content (AvgIpc) is 2.49. The van der Waals surface area contributed by atoms with Crippen molar-refractivity contribution in [2.24, 2.45) is 0 Å². The lowest BCUT2D eigenvalue weighted by Gasteiger charge is -2.31. The molecular weight excluding hydrogens is 264 g/mol. The summed E-state index contributed by atoms with van der Waals surface area (Å²) in [6.45, 7) is 10.4. The molecule has 4 heteroatoms. The number of likely N-dealkylation sites (N-methyl/N-ethyl adjacent to an activating group) is 1. The van der Waals surface area contributed by atoms with E-state index in [0.717, 1.165) is 50.7 Å². The van der Waals surface area contributed by atoms with E-state index in [-0.39, 0.29) is 6.10 Å². The van der Waals surface area contributed by atoms with Crippen LogP contribution < -0.4 is 0 Å². The van der Waals surface area contributed by atoms with Crippen LogP contribution in [0.2, 0.25) is 0 Å². The maximum absolute atomic E-state index is 5.80. The molecule has 0 aromatic carbocycles. The molecule has 1 unspecified atom stereocenters. The molecule has 2 rings (SSSR count). The van der Waals surface area contributed by atoms with Gasteiger partial charge in [0.2, 0.25) is 0 Å². The molecule has 1 saturated heterocycles. The summed E-state index contributed by atoms with van der Waals surface area (Å²) in [4.78, 5) is 4.81. The Morgan fingerprint density at radius 1 is 1.29 bits per heavy atom. The van der Waals surface area contributed by atoms with Crippen molar-refractivity contribution in [2.45, 2.75) is 26.4 Å². The van der Waals surface area contributed by atoms with Gasteiger partial charge in [-0.1, -0.05) is 6.92 Å². The number of hydrogen-bond donors (Lipinski definition) is 0. The molecule has 0 bridgehead atoms. The Kier molecular flexibility index (Phi) is 6.24. The van der Waals surface area contributed by atoms with Crippen LogP contribution in [0.15, 0.2) is 29.7 Å². The maximum Gasteiger partial charge on any atom is 0.293 e. The van der Waals surface area contributed by atoms with Crippen LogP contribution in [0.4, 0.5) is 0 Å². The minimum Gasteiger partial charge on any atom is -0.464 e. The molecule has 2 aliphatic rings. The second kappa shape index (κ2) is 8.18. The lowest BCUT2D eigenvalue weighted by atomic mass is 10.2. The van der Waals surface area contributed by atoms with Gasteiger partial charge in [0.1, 0.15) is 12.7 Å². The zero-order chi connectivity index (χ0) is 15.1. The predicted octanol–water partition coefficient (Wildman–Crippen LogP) is 2.21. The van der Waals surface area contributed by atoms with Gasteiger partial charge in [-0.3, -0.25) is 4.90 Å². The molecular formula is C17H27N2O2+. The van der Waals surface area contributed by atoms with Gasteiger partial charge in [-0.2, -0.15) is 0 Å². The average molecular weight is 291 g/mol. The zero-order valence-corrected chi connectivity index (χ0v) is 13.5. The summed E-state index contributed by atoms with van der Waals surface area (Å²) in [6, 6.07) is 0. The Morgan fingerprint density at radius 2 is 2.05 bits per heavy atom. The van der Waals surface area contributed by atoms with Crippen LogP contribution in [-0.2, 0) is 9.47 Å². The second-order valence-corrected chi connectivity index (χ2v) is 5.71. The molecule has 0 aromatic rings. The van der Waals surface area contributed by atoms with Crippen LogP contribution in [0.5, 0.6) is 0 Å². The largest absolute Gasteiger partial charge is 0.464 e. The number of rotatable bonds is 7. The number of allylic oxidation sites excluding steroid dienone is 4. The second-order valence-electron chi connectivity index (χ2n) is 5.71. The van der Waals surface area contributed by atoms with E-state index in [4.69, 9.17) is 9.47 Å². The van der Waals surface area contributed by atoms with Crippen LogP contribution in [0.1, 0.15) is 20.3 Å². The van der Waals surface area contributed by atoms with E-state index in [9.17, 15) is 0 Å². The minimum atomic E-state index is 0.210. The summed E-state index contributed by atoms with van der Waals surface area (Å²) in [6.07, 6.45) is 10.2. The Morgan fingerprint density at radius 3 is 2.76 bits per heavy atom. The maximum atomic E-state index is 5.80. The lowest BCUT2D eigenvalue weighted by Crippen LogP contribution is -2.45. The molecule has 4 nitrogen and oxygen atoms in total. The molecule has 0 saturated carbocycles. The molecule has 21 heavy (non-hydrogen) atoms. The highest BCUT2D eigenvalue weighted by molar-refractivity contribution is 5.28. The molecule has 0 amide bonds. The van der Waals surface area contributed by atoms with E-state index in [1.165, 1.54) is 0 Å². The van der Waals surface area contributed by atoms with Crippen molar-refractivity contribution < 1.29 is 9.47 Å². The van der Waals surface area contributed by atoms with E-state index < -0.39 is 0 Å². The Labute approximate surface area is 128 Å². The van der Waals surface area contributed by atoms with E-state index in [1.54, 1.807) is 0 Å². The normalized spacial score (nSPS) is 21.3. The van der Waals surface area contributed by atoms with Gasteiger partial charge < -0.3 is 14.4 Å². The smallest absolute Gasteiger partial charge is 0.293 e. The van der Waals surface area contributed by atoms with Gasteiger partial charge in [0.05, 0.1) is 24.3 Å². The van der Waals surface area contributed by atoms with Gasteiger partial charge in [0.15, 0.2) is 0 Å². The first-order valence-corrected chi connectivity index (χ1v) is 7.90. The number of ether oxygens (including phenoxy) is 2. The van der Waals surface area contributed by atoms with Crippen LogP contribution in [0.25, 0.3) is 0 Å². The van der Waals surface area contributed by atoms with Crippen LogP contribution >= 0.6 is 0 Å². The van der Waals surface area contributed by atoms with E-state index in [2.05, 4.69) is 36.8 Å². The molecule has 0 aromatic heterocycles. The van der Waals surface area contributed by atoms with Gasteiger partial charge in [-0.15, -0.1) is 0 Å².